The van der Waals surface area contributed by atoms with Crippen molar-refractivity contribution < 1.29 is 18.7 Å². The van der Waals surface area contributed by atoms with E-state index < -0.39 is 0 Å². The lowest BCUT2D eigenvalue weighted by molar-refractivity contribution is 0.102. The van der Waals surface area contributed by atoms with Gasteiger partial charge in [0.2, 0.25) is 0 Å². The monoisotopic (exact) mass is 362 g/mol. The van der Waals surface area contributed by atoms with Crippen molar-refractivity contribution in [2.75, 3.05) is 19.5 Å². The van der Waals surface area contributed by atoms with Crippen LogP contribution in [0, 0.1) is 12.7 Å². The molecule has 5 nitrogen and oxygen atoms in total. The van der Waals surface area contributed by atoms with Gasteiger partial charge in [0.15, 0.2) is 0 Å². The van der Waals surface area contributed by atoms with Crippen LogP contribution in [-0.2, 0) is 0 Å². The van der Waals surface area contributed by atoms with Crippen LogP contribution < -0.4 is 14.8 Å². The van der Waals surface area contributed by atoms with E-state index in [1.54, 1.807) is 25.1 Å². The molecule has 0 fully saturated rings. The van der Waals surface area contributed by atoms with Crippen molar-refractivity contribution in [1.29, 1.82) is 0 Å². The van der Waals surface area contributed by atoms with Crippen LogP contribution in [0.2, 0.25) is 5.02 Å². The number of aromatic nitrogens is 1. The van der Waals surface area contributed by atoms with E-state index in [1.807, 2.05) is 0 Å². The number of benzene rings is 2. The largest absolute Gasteiger partial charge is 0.495 e. The topological polar surface area (TPSA) is 63.3 Å². The van der Waals surface area contributed by atoms with E-state index in [0.717, 1.165) is 10.9 Å². The fourth-order valence-corrected chi connectivity index (χ4v) is 2.91. The molecule has 0 radical (unpaired) electrons. The van der Waals surface area contributed by atoms with Crippen LogP contribution >= 0.6 is 11.6 Å². The van der Waals surface area contributed by atoms with Gasteiger partial charge in [0, 0.05) is 23.0 Å². The zero-order valence-corrected chi connectivity index (χ0v) is 14.6. The molecular weight excluding hydrogens is 347 g/mol. The third kappa shape index (κ3) is 3.13. The minimum absolute atomic E-state index is 0.344. The molecule has 0 saturated heterocycles. The van der Waals surface area contributed by atoms with E-state index >= 15 is 0 Å². The summed E-state index contributed by atoms with van der Waals surface area (Å²) in [6.07, 6.45) is 0. The Morgan fingerprint density at radius 2 is 1.88 bits per heavy atom. The van der Waals surface area contributed by atoms with Crippen LogP contribution in [0.5, 0.6) is 11.5 Å². The minimum Gasteiger partial charge on any atom is -0.495 e. The molecule has 3 aromatic rings. The number of methoxy groups -OCH3 is 2. The molecule has 3 rings (SSSR count). The maximum absolute atomic E-state index is 13.4. The van der Waals surface area contributed by atoms with Gasteiger partial charge < -0.3 is 19.8 Å². The predicted octanol–water partition coefficient (Wildman–Crippen LogP) is 4.54. The smallest absolute Gasteiger partial charge is 0.272 e. The average Bonchev–Trinajstić information content (AvgIpc) is 2.92. The first kappa shape index (κ1) is 17.1. The molecule has 130 valence electrons. The summed E-state index contributed by atoms with van der Waals surface area (Å²) in [5.74, 6) is 0.0637. The van der Waals surface area contributed by atoms with Gasteiger partial charge in [0.1, 0.15) is 23.0 Å². The maximum Gasteiger partial charge on any atom is 0.272 e. The van der Waals surface area contributed by atoms with Gasteiger partial charge in [0.25, 0.3) is 5.91 Å². The standard InChI is InChI=1S/C18H16ClFN2O3/c1-9-11-5-4-10(20)6-13(11)21-17(9)18(23)22-14-8-15(24-2)12(19)7-16(14)25-3/h4-8,21H,1-3H3,(H,22,23). The zero-order valence-electron chi connectivity index (χ0n) is 13.9. The van der Waals surface area contributed by atoms with Gasteiger partial charge in [-0.3, -0.25) is 4.79 Å². The Labute approximate surface area is 148 Å². The number of carbonyl (C=O) groups is 1. The Hall–Kier alpha value is -2.73. The first-order valence-corrected chi connectivity index (χ1v) is 7.83. The number of anilines is 1. The lowest BCUT2D eigenvalue weighted by Gasteiger charge is -2.13. The van der Waals surface area contributed by atoms with Crippen LogP contribution in [0.3, 0.4) is 0 Å². The van der Waals surface area contributed by atoms with Crippen molar-refractivity contribution >= 4 is 34.1 Å². The lowest BCUT2D eigenvalue weighted by atomic mass is 10.1. The van der Waals surface area contributed by atoms with E-state index in [1.165, 1.54) is 26.4 Å². The van der Waals surface area contributed by atoms with Gasteiger partial charge in [-0.05, 0) is 30.7 Å². The third-order valence-electron chi connectivity index (χ3n) is 3.97. The molecule has 2 N–H and O–H groups in total. The quantitative estimate of drug-likeness (QED) is 0.716. The van der Waals surface area contributed by atoms with Crippen LogP contribution in [0.15, 0.2) is 30.3 Å². The van der Waals surface area contributed by atoms with Crippen LogP contribution in [0.25, 0.3) is 10.9 Å². The zero-order chi connectivity index (χ0) is 18.1. The SMILES string of the molecule is COc1cc(NC(=O)c2[nH]c3cc(F)ccc3c2C)c(OC)cc1Cl. The molecule has 0 bridgehead atoms. The summed E-state index contributed by atoms with van der Waals surface area (Å²) >= 11 is 6.07. The second-order valence-electron chi connectivity index (χ2n) is 5.46. The number of rotatable bonds is 4. The molecule has 1 amide bonds. The number of nitrogens with one attached hydrogen (secondary N) is 2. The summed E-state index contributed by atoms with van der Waals surface area (Å²) < 4.78 is 23.8. The summed E-state index contributed by atoms with van der Waals surface area (Å²) in [6.45, 7) is 1.80. The first-order valence-electron chi connectivity index (χ1n) is 7.45. The Balaban J connectivity index is 1.99. The van der Waals surface area contributed by atoms with E-state index in [4.69, 9.17) is 21.1 Å². The van der Waals surface area contributed by atoms with Gasteiger partial charge in [-0.15, -0.1) is 0 Å². The lowest BCUT2D eigenvalue weighted by Crippen LogP contribution is -2.14. The Kier molecular flexibility index (Phi) is 4.55. The van der Waals surface area contributed by atoms with Crippen molar-refractivity contribution in [3.05, 3.63) is 52.4 Å². The molecule has 0 atom stereocenters. The summed E-state index contributed by atoms with van der Waals surface area (Å²) in [7, 11) is 2.96. The van der Waals surface area contributed by atoms with E-state index in [2.05, 4.69) is 10.3 Å². The van der Waals surface area contributed by atoms with Crippen molar-refractivity contribution in [2.24, 2.45) is 0 Å². The molecule has 0 aliphatic heterocycles. The summed E-state index contributed by atoms with van der Waals surface area (Å²) in [4.78, 5) is 15.6. The highest BCUT2D eigenvalue weighted by Crippen LogP contribution is 2.36. The third-order valence-corrected chi connectivity index (χ3v) is 4.26. The van der Waals surface area contributed by atoms with Crippen molar-refractivity contribution in [1.82, 2.24) is 4.98 Å². The highest BCUT2D eigenvalue weighted by Gasteiger charge is 2.18. The molecule has 0 aliphatic rings. The summed E-state index contributed by atoms with van der Waals surface area (Å²) in [6, 6.07) is 7.49. The maximum atomic E-state index is 13.4. The first-order chi connectivity index (χ1) is 11.9. The second kappa shape index (κ2) is 6.64. The van der Waals surface area contributed by atoms with E-state index in [-0.39, 0.29) is 11.7 Å². The van der Waals surface area contributed by atoms with Crippen molar-refractivity contribution in [3.63, 3.8) is 0 Å². The van der Waals surface area contributed by atoms with Crippen molar-refractivity contribution in [3.8, 4) is 11.5 Å². The molecule has 2 aromatic carbocycles. The molecule has 25 heavy (non-hydrogen) atoms. The number of fused-ring (bicyclic) bond motifs is 1. The Morgan fingerprint density at radius 1 is 1.16 bits per heavy atom. The molecule has 0 unspecified atom stereocenters. The fourth-order valence-electron chi connectivity index (χ4n) is 2.68. The highest BCUT2D eigenvalue weighted by molar-refractivity contribution is 6.32. The molecule has 1 heterocycles. The Bertz CT molecular complexity index is 969. The number of aryl methyl sites for hydroxylation is 1. The molecule has 0 spiro atoms. The van der Waals surface area contributed by atoms with Gasteiger partial charge in [0.05, 0.1) is 24.9 Å². The van der Waals surface area contributed by atoms with Gasteiger partial charge in [-0.25, -0.2) is 4.39 Å². The molecule has 0 saturated carbocycles. The molecule has 0 aliphatic carbocycles. The van der Waals surface area contributed by atoms with Gasteiger partial charge in [-0.1, -0.05) is 11.6 Å². The average molecular weight is 363 g/mol. The number of H-pyrrole nitrogens is 1. The summed E-state index contributed by atoms with van der Waals surface area (Å²) in [5, 5.41) is 3.92. The second-order valence-corrected chi connectivity index (χ2v) is 5.86. The fraction of sp³-hybridized carbons (Fsp3) is 0.167. The normalized spacial score (nSPS) is 10.8. The van der Waals surface area contributed by atoms with Gasteiger partial charge in [-0.2, -0.15) is 0 Å². The number of hydrogen-bond donors (Lipinski definition) is 2. The number of aromatic amines is 1. The minimum atomic E-state index is -0.378. The molecular formula is C18H16ClFN2O3. The predicted molar refractivity (Wildman–Crippen MR) is 95.5 cm³/mol. The van der Waals surface area contributed by atoms with Crippen LogP contribution in [0.1, 0.15) is 16.1 Å². The number of ether oxygens (including phenoxy) is 2. The van der Waals surface area contributed by atoms with Crippen LogP contribution in [0.4, 0.5) is 10.1 Å². The highest BCUT2D eigenvalue weighted by atomic mass is 35.5. The number of amides is 1. The number of halogens is 2. The molecule has 1 aromatic heterocycles. The van der Waals surface area contributed by atoms with Crippen molar-refractivity contribution in [2.45, 2.75) is 6.92 Å². The summed E-state index contributed by atoms with van der Waals surface area (Å²) in [5.41, 5.74) is 2.05. The molecule has 7 heteroatoms. The van der Waals surface area contributed by atoms with E-state index in [0.29, 0.717) is 33.4 Å². The van der Waals surface area contributed by atoms with E-state index in [9.17, 15) is 9.18 Å². The number of carbonyl (C=O) groups excluding carboxylic acids is 1. The number of hydrogen-bond acceptors (Lipinski definition) is 3. The van der Waals surface area contributed by atoms with Crippen LogP contribution in [-0.4, -0.2) is 25.1 Å². The van der Waals surface area contributed by atoms with Gasteiger partial charge >= 0.3 is 0 Å². The Morgan fingerprint density at radius 3 is 2.56 bits per heavy atom.